The Morgan fingerprint density at radius 3 is 2.88 bits per heavy atom. The van der Waals surface area contributed by atoms with Crippen molar-refractivity contribution >= 4 is 22.5 Å². The number of carbonyl (C=O) groups is 1. The summed E-state index contributed by atoms with van der Waals surface area (Å²) in [4.78, 5) is 27.4. The second kappa shape index (κ2) is 6.02. The standard InChI is InChI=1S/C19H22N4O2/c1-13-11-15-8-3-4-9-16(15)23-18(13)20-22(19(23)25)12-17(24)21-10-6-5-7-14(21)2/h3-4,8-9,11,14H,5-7,10,12H2,1-2H3/t14-/m1/s1. The van der Waals surface area contributed by atoms with Gasteiger partial charge in [-0.3, -0.25) is 4.79 Å². The van der Waals surface area contributed by atoms with Crippen LogP contribution in [0.25, 0.3) is 16.6 Å². The van der Waals surface area contributed by atoms with Crippen molar-refractivity contribution in [3.8, 4) is 0 Å². The van der Waals surface area contributed by atoms with Crippen molar-refractivity contribution in [1.82, 2.24) is 19.1 Å². The van der Waals surface area contributed by atoms with Gasteiger partial charge in [-0.2, -0.15) is 0 Å². The van der Waals surface area contributed by atoms with Crippen LogP contribution in [0.2, 0.25) is 0 Å². The summed E-state index contributed by atoms with van der Waals surface area (Å²) in [5.74, 6) is -0.0281. The highest BCUT2D eigenvalue weighted by Gasteiger charge is 2.24. The largest absolute Gasteiger partial charge is 0.351 e. The Labute approximate surface area is 145 Å². The van der Waals surface area contributed by atoms with Crippen LogP contribution < -0.4 is 5.69 Å². The third-order valence-corrected chi connectivity index (χ3v) is 5.15. The van der Waals surface area contributed by atoms with Crippen LogP contribution in [0.1, 0.15) is 31.7 Å². The van der Waals surface area contributed by atoms with Gasteiger partial charge in [0.15, 0.2) is 5.65 Å². The summed E-state index contributed by atoms with van der Waals surface area (Å²) in [7, 11) is 0. The number of pyridine rings is 1. The van der Waals surface area contributed by atoms with Gasteiger partial charge in [0, 0.05) is 12.6 Å². The molecule has 1 aliphatic heterocycles. The van der Waals surface area contributed by atoms with E-state index in [0.29, 0.717) is 5.65 Å². The molecule has 0 unspecified atom stereocenters. The molecule has 1 saturated heterocycles. The summed E-state index contributed by atoms with van der Waals surface area (Å²) in [5, 5.41) is 5.43. The second-order valence-electron chi connectivity index (χ2n) is 6.92. The fraction of sp³-hybridized carbons (Fsp3) is 0.421. The number of hydrogen-bond acceptors (Lipinski definition) is 3. The van der Waals surface area contributed by atoms with E-state index in [1.807, 2.05) is 42.2 Å². The predicted molar refractivity (Wildman–Crippen MR) is 96.7 cm³/mol. The van der Waals surface area contributed by atoms with Gasteiger partial charge in [-0.25, -0.2) is 13.9 Å². The molecule has 2 aromatic heterocycles. The van der Waals surface area contributed by atoms with Gasteiger partial charge in [0.1, 0.15) is 6.54 Å². The lowest BCUT2D eigenvalue weighted by molar-refractivity contribution is -0.135. The number of aryl methyl sites for hydroxylation is 1. The summed E-state index contributed by atoms with van der Waals surface area (Å²) in [5.41, 5.74) is 2.10. The molecule has 1 fully saturated rings. The number of amides is 1. The molecule has 1 amide bonds. The molecule has 130 valence electrons. The third kappa shape index (κ3) is 2.62. The lowest BCUT2D eigenvalue weighted by atomic mass is 10.0. The summed E-state index contributed by atoms with van der Waals surface area (Å²) in [6.45, 7) is 4.77. The number of nitrogens with zero attached hydrogens (tertiary/aromatic N) is 4. The van der Waals surface area contributed by atoms with E-state index in [1.54, 1.807) is 4.40 Å². The quantitative estimate of drug-likeness (QED) is 0.721. The van der Waals surface area contributed by atoms with E-state index in [-0.39, 0.29) is 24.2 Å². The molecule has 0 spiro atoms. The molecule has 1 aromatic carbocycles. The van der Waals surface area contributed by atoms with Crippen molar-refractivity contribution in [2.45, 2.75) is 45.7 Å². The molecule has 0 radical (unpaired) electrons. The fourth-order valence-corrected chi connectivity index (χ4v) is 3.78. The van der Waals surface area contributed by atoms with Crippen LogP contribution in [0.4, 0.5) is 0 Å². The van der Waals surface area contributed by atoms with Crippen LogP contribution in [0, 0.1) is 6.92 Å². The number of likely N-dealkylation sites (tertiary alicyclic amines) is 1. The van der Waals surface area contributed by atoms with E-state index in [4.69, 9.17) is 0 Å². The van der Waals surface area contributed by atoms with Crippen LogP contribution in [-0.4, -0.2) is 37.6 Å². The van der Waals surface area contributed by atoms with E-state index >= 15 is 0 Å². The van der Waals surface area contributed by atoms with Crippen molar-refractivity contribution in [2.24, 2.45) is 0 Å². The van der Waals surface area contributed by atoms with E-state index < -0.39 is 0 Å². The molecule has 6 heteroatoms. The first kappa shape index (κ1) is 15.9. The first-order chi connectivity index (χ1) is 12.1. The Kier molecular flexibility index (Phi) is 3.82. The number of aromatic nitrogens is 3. The zero-order valence-electron chi connectivity index (χ0n) is 14.6. The molecular weight excluding hydrogens is 316 g/mol. The Bertz CT molecular complexity index is 1020. The predicted octanol–water partition coefficient (Wildman–Crippen LogP) is 2.36. The van der Waals surface area contributed by atoms with Crippen LogP contribution in [0.15, 0.2) is 35.1 Å². The number of benzene rings is 1. The van der Waals surface area contributed by atoms with Gasteiger partial charge in [0.2, 0.25) is 5.91 Å². The van der Waals surface area contributed by atoms with Crippen LogP contribution in [-0.2, 0) is 11.3 Å². The normalized spacial score (nSPS) is 18.2. The zero-order valence-corrected chi connectivity index (χ0v) is 14.6. The van der Waals surface area contributed by atoms with Gasteiger partial charge < -0.3 is 4.90 Å². The Morgan fingerprint density at radius 1 is 1.28 bits per heavy atom. The van der Waals surface area contributed by atoms with E-state index in [9.17, 15) is 9.59 Å². The lowest BCUT2D eigenvalue weighted by Gasteiger charge is -2.33. The lowest BCUT2D eigenvalue weighted by Crippen LogP contribution is -2.44. The molecule has 3 heterocycles. The summed E-state index contributed by atoms with van der Waals surface area (Å²) in [6, 6.07) is 9.99. The summed E-state index contributed by atoms with van der Waals surface area (Å²) < 4.78 is 2.91. The maximum absolute atomic E-state index is 12.9. The summed E-state index contributed by atoms with van der Waals surface area (Å²) in [6.07, 6.45) is 3.21. The monoisotopic (exact) mass is 338 g/mol. The van der Waals surface area contributed by atoms with Crippen molar-refractivity contribution in [1.29, 1.82) is 0 Å². The number of rotatable bonds is 2. The van der Waals surface area contributed by atoms with E-state index in [0.717, 1.165) is 42.3 Å². The number of para-hydroxylation sites is 1. The van der Waals surface area contributed by atoms with Crippen LogP contribution >= 0.6 is 0 Å². The second-order valence-corrected chi connectivity index (χ2v) is 6.92. The smallest absolute Gasteiger partial charge is 0.338 e. The Hall–Kier alpha value is -2.63. The van der Waals surface area contributed by atoms with Gasteiger partial charge in [0.05, 0.1) is 5.52 Å². The highest BCUT2D eigenvalue weighted by atomic mass is 16.2. The number of piperidine rings is 1. The Morgan fingerprint density at radius 2 is 2.08 bits per heavy atom. The molecule has 0 saturated carbocycles. The van der Waals surface area contributed by atoms with Gasteiger partial charge in [-0.15, -0.1) is 5.10 Å². The SMILES string of the molecule is Cc1cc2ccccc2n2c(=O)n(CC(=O)N3CCCC[C@H]3C)nc12. The highest BCUT2D eigenvalue weighted by molar-refractivity contribution is 5.83. The first-order valence-corrected chi connectivity index (χ1v) is 8.83. The zero-order chi connectivity index (χ0) is 17.6. The molecule has 3 aromatic rings. The molecule has 0 aliphatic carbocycles. The van der Waals surface area contributed by atoms with Gasteiger partial charge in [-0.1, -0.05) is 18.2 Å². The van der Waals surface area contributed by atoms with Crippen molar-refractivity contribution < 1.29 is 4.79 Å². The van der Waals surface area contributed by atoms with Crippen LogP contribution in [0.3, 0.4) is 0 Å². The van der Waals surface area contributed by atoms with Gasteiger partial charge in [-0.05, 0) is 56.2 Å². The molecule has 1 aliphatic rings. The number of hydrogen-bond donors (Lipinski definition) is 0. The topological polar surface area (TPSA) is 59.6 Å². The average Bonchev–Trinajstić information content (AvgIpc) is 2.93. The molecule has 6 nitrogen and oxygen atoms in total. The number of fused-ring (bicyclic) bond motifs is 3. The summed E-state index contributed by atoms with van der Waals surface area (Å²) >= 11 is 0. The maximum atomic E-state index is 12.9. The molecule has 4 rings (SSSR count). The molecule has 0 N–H and O–H groups in total. The van der Waals surface area contributed by atoms with Crippen molar-refractivity contribution in [2.75, 3.05) is 6.54 Å². The minimum Gasteiger partial charge on any atom is -0.338 e. The van der Waals surface area contributed by atoms with E-state index in [1.165, 1.54) is 4.68 Å². The average molecular weight is 338 g/mol. The molecule has 1 atom stereocenters. The number of carbonyl (C=O) groups excluding carboxylic acids is 1. The van der Waals surface area contributed by atoms with Crippen molar-refractivity contribution in [3.63, 3.8) is 0 Å². The highest BCUT2D eigenvalue weighted by Crippen LogP contribution is 2.19. The fourth-order valence-electron chi connectivity index (χ4n) is 3.78. The van der Waals surface area contributed by atoms with Crippen LogP contribution in [0.5, 0.6) is 0 Å². The first-order valence-electron chi connectivity index (χ1n) is 8.83. The minimum atomic E-state index is -0.257. The maximum Gasteiger partial charge on any atom is 0.351 e. The molecular formula is C19H22N4O2. The molecule has 0 bridgehead atoms. The van der Waals surface area contributed by atoms with Gasteiger partial charge in [0.25, 0.3) is 0 Å². The third-order valence-electron chi connectivity index (χ3n) is 5.15. The van der Waals surface area contributed by atoms with E-state index in [2.05, 4.69) is 12.0 Å². The Balaban J connectivity index is 1.77. The van der Waals surface area contributed by atoms with Crippen molar-refractivity contribution in [3.05, 3.63) is 46.4 Å². The minimum absolute atomic E-state index is 0.00137. The van der Waals surface area contributed by atoms with Gasteiger partial charge >= 0.3 is 5.69 Å². The molecule has 25 heavy (non-hydrogen) atoms.